The predicted molar refractivity (Wildman–Crippen MR) is 480 cm³/mol. The van der Waals surface area contributed by atoms with Crippen LogP contribution >= 0.6 is 0 Å². The van der Waals surface area contributed by atoms with Crippen molar-refractivity contribution in [2.45, 2.75) is 27.3 Å². The number of hydrogen-bond acceptors (Lipinski definition) is 5. The second-order valence-electron chi connectivity index (χ2n) is 25.9. The Labute approximate surface area is 664 Å². The zero-order valence-corrected chi connectivity index (χ0v) is 63.5. The first kappa shape index (κ1) is 75.8. The highest BCUT2D eigenvalue weighted by molar-refractivity contribution is 6.10. The molecule has 2 aliphatic rings. The minimum atomic E-state index is 0.539. The number of hydrogen-bond donors (Lipinski definition) is 0. The Morgan fingerprint density at radius 2 is 0.726 bits per heavy atom. The molecule has 0 unspecified atom stereocenters. The van der Waals surface area contributed by atoms with E-state index in [9.17, 15) is 0 Å². The summed E-state index contributed by atoms with van der Waals surface area (Å²) in [5, 5.41) is 7.66. The maximum atomic E-state index is 5.84. The van der Waals surface area contributed by atoms with Crippen molar-refractivity contribution in [3.05, 3.63) is 369 Å². The highest BCUT2D eigenvalue weighted by Gasteiger charge is 2.23. The quantitative estimate of drug-likeness (QED) is 0.127. The van der Waals surface area contributed by atoms with E-state index in [1.54, 1.807) is 0 Å². The molecule has 113 heavy (non-hydrogen) atoms. The van der Waals surface area contributed by atoms with Crippen LogP contribution in [0.2, 0.25) is 0 Å². The standard InChI is InChI=1S/C20H13N.C20H17N.C19H13N.C16H13N.C16H15N.C15H11NO/c1-2-15-11-13-16(14-12-15)21-19-9-5-3-7-17(19)18-8-4-6-10-20(18)21;1-2-3-16-21(18-12-5-4-6-13-18)20-15-9-11-17-10-7-8-14-19(17)20;1-2-3-8-15-20-18-11-6-4-9-16(18)13-14-17-10-5-7-12-19(17)20;1-2-3-12-17-15-10-6-4-8-13(15)14-9-5-7-11-16(14)17;1-2-3-14-17(15-10-6-4-7-11-15)16-12-8-5-9-13-16;1-2-11-16-12-7-3-5-9-14(12)17-15-10-6-4-8-13(15)16/h1,3-14H;4-15H,16H2,1H3;1,4-7,9-14H,15H2;4-11H,12H2,1H3;4-13H,14H2,1H3;1,3-10H,11H2. The molecule has 0 saturated carbocycles. The third-order valence-corrected chi connectivity index (χ3v) is 19.1. The fourth-order valence-electron chi connectivity index (χ4n) is 13.9. The van der Waals surface area contributed by atoms with Gasteiger partial charge in [-0.3, -0.25) is 0 Å². The molecular formula is C106H82N6O. The van der Waals surface area contributed by atoms with Gasteiger partial charge < -0.3 is 33.5 Å². The smallest absolute Gasteiger partial charge is 0.151 e. The van der Waals surface area contributed by atoms with Crippen LogP contribution in [-0.2, 0) is 6.54 Å². The number of para-hydroxylation sites is 13. The summed E-state index contributed by atoms with van der Waals surface area (Å²) in [4.78, 5) is 8.76. The highest BCUT2D eigenvalue weighted by Crippen LogP contribution is 2.46. The van der Waals surface area contributed by atoms with Crippen LogP contribution in [0.3, 0.4) is 0 Å². The molecule has 14 aromatic carbocycles. The monoisotopic (exact) mass is 1450 g/mol. The maximum Gasteiger partial charge on any atom is 0.151 e. The van der Waals surface area contributed by atoms with E-state index >= 15 is 0 Å². The van der Waals surface area contributed by atoms with E-state index in [4.69, 9.17) is 24.0 Å². The van der Waals surface area contributed by atoms with E-state index in [2.05, 4.69) is 330 Å². The Balaban J connectivity index is 0.000000119. The molecule has 4 heterocycles. The molecule has 0 atom stereocenters. The van der Waals surface area contributed by atoms with Gasteiger partial charge in [0.25, 0.3) is 0 Å². The Hall–Kier alpha value is -15.4. The van der Waals surface area contributed by atoms with Crippen molar-refractivity contribution in [1.82, 2.24) is 9.13 Å². The Morgan fingerprint density at radius 1 is 0.327 bits per heavy atom. The number of fused-ring (bicyclic) bond motifs is 11. The van der Waals surface area contributed by atoms with E-state index in [-0.39, 0.29) is 0 Å². The molecule has 0 aliphatic carbocycles. The highest BCUT2D eigenvalue weighted by atomic mass is 16.5. The fraction of sp³-hybridized carbons (Fsp3) is 0.0755. The zero-order valence-electron chi connectivity index (χ0n) is 63.5. The summed E-state index contributed by atoms with van der Waals surface area (Å²) in [6, 6.07) is 120. The molecule has 0 spiro atoms. The first-order valence-electron chi connectivity index (χ1n) is 37.4. The van der Waals surface area contributed by atoms with Crippen LogP contribution in [0.5, 0.6) is 11.5 Å². The van der Waals surface area contributed by atoms with Crippen molar-refractivity contribution in [2.75, 3.05) is 45.8 Å². The van der Waals surface area contributed by atoms with Crippen LogP contribution in [0, 0.1) is 84.4 Å². The van der Waals surface area contributed by atoms with E-state index in [1.165, 1.54) is 82.6 Å². The van der Waals surface area contributed by atoms with Crippen molar-refractivity contribution < 1.29 is 4.74 Å². The van der Waals surface area contributed by atoms with Crippen LogP contribution in [0.15, 0.2) is 352 Å². The summed E-state index contributed by atoms with van der Waals surface area (Å²) in [6.07, 6.45) is 20.4. The van der Waals surface area contributed by atoms with Gasteiger partial charge in [0.1, 0.15) is 0 Å². The largest absolute Gasteiger partial charge is 0.453 e. The van der Waals surface area contributed by atoms with Crippen LogP contribution in [-0.4, -0.2) is 35.3 Å². The average Bonchev–Trinajstić information content (AvgIpc) is 1.64. The van der Waals surface area contributed by atoms with Gasteiger partial charge in [-0.15, -0.1) is 37.0 Å². The average molecular weight is 1460 g/mol. The third-order valence-electron chi connectivity index (χ3n) is 19.1. The van der Waals surface area contributed by atoms with Gasteiger partial charge >= 0.3 is 0 Å². The molecule has 0 N–H and O–H groups in total. The number of ether oxygens (including phenoxy) is 1. The van der Waals surface area contributed by atoms with Gasteiger partial charge in [0, 0.05) is 83.3 Å². The van der Waals surface area contributed by atoms with E-state index in [0.29, 0.717) is 26.2 Å². The molecule has 7 heteroatoms. The lowest BCUT2D eigenvalue weighted by atomic mass is 10.1. The molecule has 18 rings (SSSR count). The lowest BCUT2D eigenvalue weighted by Gasteiger charge is -2.31. The summed E-state index contributed by atoms with van der Waals surface area (Å²) in [6.45, 7) is 8.91. The van der Waals surface area contributed by atoms with E-state index in [1.807, 2.05) is 148 Å². The Bertz CT molecular complexity index is 6150. The fourth-order valence-corrected chi connectivity index (χ4v) is 13.9. The van der Waals surface area contributed by atoms with Crippen molar-refractivity contribution in [1.29, 1.82) is 0 Å². The molecule has 542 valence electrons. The summed E-state index contributed by atoms with van der Waals surface area (Å²) in [5.41, 5.74) is 18.4. The Kier molecular flexibility index (Phi) is 25.8. The van der Waals surface area contributed by atoms with Crippen LogP contribution < -0.4 is 24.3 Å². The summed E-state index contributed by atoms with van der Waals surface area (Å²) < 4.78 is 10.4. The molecule has 2 aliphatic heterocycles. The minimum absolute atomic E-state index is 0.539. The minimum Gasteiger partial charge on any atom is -0.453 e. The van der Waals surface area contributed by atoms with Gasteiger partial charge in [0.15, 0.2) is 11.5 Å². The maximum absolute atomic E-state index is 5.84. The van der Waals surface area contributed by atoms with Crippen molar-refractivity contribution >= 4 is 112 Å². The molecule has 0 radical (unpaired) electrons. The van der Waals surface area contributed by atoms with Gasteiger partial charge in [-0.25, -0.2) is 0 Å². The zero-order chi connectivity index (χ0) is 77.8. The molecule has 0 saturated heterocycles. The van der Waals surface area contributed by atoms with Crippen molar-refractivity contribution in [3.8, 4) is 102 Å². The third kappa shape index (κ3) is 18.1. The summed E-state index contributed by atoms with van der Waals surface area (Å²) >= 11 is 0. The number of rotatable bonds is 10. The van der Waals surface area contributed by atoms with Crippen molar-refractivity contribution in [2.24, 2.45) is 0 Å². The van der Waals surface area contributed by atoms with Gasteiger partial charge in [0.05, 0.1) is 55.1 Å². The topological polar surface area (TPSA) is 32.1 Å². The number of aromatic nitrogens is 2. The van der Waals surface area contributed by atoms with Crippen LogP contribution in [0.4, 0.5) is 45.5 Å². The number of benzene rings is 14. The molecule has 0 bridgehead atoms. The van der Waals surface area contributed by atoms with Crippen LogP contribution in [0.25, 0.3) is 72.2 Å². The lowest BCUT2D eigenvalue weighted by molar-refractivity contribution is 0.474. The SMILES string of the molecule is C#CC#CCN1c2ccccc2C=Cc2ccccc21.C#CCN1c2ccccc2Oc2ccccc21.C#Cc1ccc(-n2c3ccccc3c3ccccc32)cc1.CC#CCN(c1ccccc1)c1cccc2ccccc12.CC#CCN(c1ccccc1)c1ccccc1.CC#CCn1c2ccccc2c2ccccc21. The number of nitrogens with zero attached hydrogens (tertiary/aromatic N) is 6. The Morgan fingerprint density at radius 3 is 1.21 bits per heavy atom. The van der Waals surface area contributed by atoms with E-state index < -0.39 is 0 Å². The first-order chi connectivity index (χ1) is 55.9. The lowest BCUT2D eigenvalue weighted by Crippen LogP contribution is -2.21. The second-order valence-corrected chi connectivity index (χ2v) is 25.9. The summed E-state index contributed by atoms with van der Waals surface area (Å²) in [7, 11) is 0. The predicted octanol–water partition coefficient (Wildman–Crippen LogP) is 24.9. The van der Waals surface area contributed by atoms with Gasteiger partial charge in [-0.2, -0.15) is 0 Å². The molecule has 7 nitrogen and oxygen atoms in total. The number of terminal acetylenes is 3. The van der Waals surface area contributed by atoms with Crippen LogP contribution in [0.1, 0.15) is 37.5 Å². The van der Waals surface area contributed by atoms with Gasteiger partial charge in [-0.05, 0) is 177 Å². The normalized spacial score (nSPS) is 10.7. The molecule has 0 fully saturated rings. The number of anilines is 8. The molecular weight excluding hydrogens is 1370 g/mol. The second kappa shape index (κ2) is 38.4. The molecule has 2 aromatic heterocycles. The molecule has 16 aromatic rings. The molecule has 0 amide bonds. The summed E-state index contributed by atoms with van der Waals surface area (Å²) in [5.74, 6) is 33.5. The van der Waals surface area contributed by atoms with E-state index in [0.717, 1.165) is 57.7 Å². The van der Waals surface area contributed by atoms with Gasteiger partial charge in [0.2, 0.25) is 0 Å². The van der Waals surface area contributed by atoms with Crippen molar-refractivity contribution in [3.63, 3.8) is 0 Å². The van der Waals surface area contributed by atoms with Gasteiger partial charge in [-0.1, -0.05) is 272 Å². The first-order valence-corrected chi connectivity index (χ1v) is 37.4.